The van der Waals surface area contributed by atoms with Crippen molar-refractivity contribution >= 4 is 11.7 Å². The van der Waals surface area contributed by atoms with Gasteiger partial charge in [-0.1, -0.05) is 6.92 Å². The van der Waals surface area contributed by atoms with Crippen molar-refractivity contribution in [3.8, 4) is 0 Å². The maximum atomic E-state index is 11.4. The lowest BCUT2D eigenvalue weighted by Crippen LogP contribution is -2.05. The summed E-state index contributed by atoms with van der Waals surface area (Å²) in [6, 6.07) is 5.62. The molecular weight excluding hydrogens is 178 g/mol. The zero-order valence-electron chi connectivity index (χ0n) is 8.76. The lowest BCUT2D eigenvalue weighted by atomic mass is 10.0. The normalized spacial score (nSPS) is 9.64. The molecule has 0 saturated carbocycles. The van der Waals surface area contributed by atoms with Crippen LogP contribution in [0.1, 0.15) is 22.8 Å². The standard InChI is InChI=1S/C11H15NO2/c1-4-8-7-9(12-2)5-6-10(8)11(13)14-3/h5-7,12H,4H2,1-3H3. The molecule has 1 rings (SSSR count). The Balaban J connectivity index is 3.11. The summed E-state index contributed by atoms with van der Waals surface area (Å²) in [5, 5.41) is 3.03. The van der Waals surface area contributed by atoms with Gasteiger partial charge in [0.2, 0.25) is 0 Å². The Morgan fingerprint density at radius 1 is 1.50 bits per heavy atom. The van der Waals surface area contributed by atoms with E-state index in [0.29, 0.717) is 5.56 Å². The van der Waals surface area contributed by atoms with Gasteiger partial charge in [-0.2, -0.15) is 0 Å². The average molecular weight is 193 g/mol. The SMILES string of the molecule is CCc1cc(NC)ccc1C(=O)OC. The molecule has 0 unspecified atom stereocenters. The zero-order valence-corrected chi connectivity index (χ0v) is 8.76. The summed E-state index contributed by atoms with van der Waals surface area (Å²) in [7, 11) is 3.25. The van der Waals surface area contributed by atoms with Gasteiger partial charge < -0.3 is 10.1 Å². The Morgan fingerprint density at radius 2 is 2.21 bits per heavy atom. The molecule has 0 radical (unpaired) electrons. The number of ether oxygens (including phenoxy) is 1. The van der Waals surface area contributed by atoms with Gasteiger partial charge in [-0.15, -0.1) is 0 Å². The van der Waals surface area contributed by atoms with Gasteiger partial charge >= 0.3 is 5.97 Å². The van der Waals surface area contributed by atoms with Gasteiger partial charge in [-0.05, 0) is 30.2 Å². The fraction of sp³-hybridized carbons (Fsp3) is 0.364. The van der Waals surface area contributed by atoms with E-state index >= 15 is 0 Å². The van der Waals surface area contributed by atoms with E-state index in [-0.39, 0.29) is 5.97 Å². The van der Waals surface area contributed by atoms with Crippen LogP contribution >= 0.6 is 0 Å². The molecule has 0 heterocycles. The van der Waals surface area contributed by atoms with E-state index in [2.05, 4.69) is 5.32 Å². The number of carbonyl (C=O) groups is 1. The number of hydrogen-bond donors (Lipinski definition) is 1. The monoisotopic (exact) mass is 193 g/mol. The molecule has 0 spiro atoms. The molecule has 0 bridgehead atoms. The molecule has 3 nitrogen and oxygen atoms in total. The van der Waals surface area contributed by atoms with Gasteiger partial charge in [0.1, 0.15) is 0 Å². The minimum absolute atomic E-state index is 0.274. The molecule has 0 amide bonds. The van der Waals surface area contributed by atoms with Gasteiger partial charge in [0, 0.05) is 12.7 Å². The largest absolute Gasteiger partial charge is 0.465 e. The molecule has 1 aromatic carbocycles. The van der Waals surface area contributed by atoms with Crippen molar-refractivity contribution in [1.82, 2.24) is 0 Å². The highest BCUT2D eigenvalue weighted by atomic mass is 16.5. The Morgan fingerprint density at radius 3 is 2.71 bits per heavy atom. The predicted molar refractivity (Wildman–Crippen MR) is 56.7 cm³/mol. The molecule has 0 fully saturated rings. The highest BCUT2D eigenvalue weighted by Crippen LogP contribution is 2.16. The number of anilines is 1. The lowest BCUT2D eigenvalue weighted by molar-refractivity contribution is 0.0599. The van der Waals surface area contributed by atoms with Crippen molar-refractivity contribution in [2.45, 2.75) is 13.3 Å². The number of benzene rings is 1. The maximum Gasteiger partial charge on any atom is 0.338 e. The van der Waals surface area contributed by atoms with Crippen molar-refractivity contribution < 1.29 is 9.53 Å². The molecule has 0 aliphatic rings. The Kier molecular flexibility index (Phi) is 3.51. The summed E-state index contributed by atoms with van der Waals surface area (Å²) in [4.78, 5) is 11.4. The molecule has 1 N–H and O–H groups in total. The third-order valence-electron chi connectivity index (χ3n) is 2.18. The van der Waals surface area contributed by atoms with Crippen molar-refractivity contribution in [1.29, 1.82) is 0 Å². The van der Waals surface area contributed by atoms with Crippen LogP contribution in [0.4, 0.5) is 5.69 Å². The first-order valence-corrected chi connectivity index (χ1v) is 4.62. The van der Waals surface area contributed by atoms with Gasteiger partial charge in [0.05, 0.1) is 12.7 Å². The fourth-order valence-electron chi connectivity index (χ4n) is 1.35. The number of nitrogens with one attached hydrogen (secondary N) is 1. The van der Waals surface area contributed by atoms with Crippen molar-refractivity contribution in [3.63, 3.8) is 0 Å². The number of esters is 1. The third-order valence-corrected chi connectivity index (χ3v) is 2.18. The van der Waals surface area contributed by atoms with Gasteiger partial charge in [-0.25, -0.2) is 4.79 Å². The molecule has 14 heavy (non-hydrogen) atoms. The van der Waals surface area contributed by atoms with Crippen LogP contribution in [0.3, 0.4) is 0 Å². The quantitative estimate of drug-likeness (QED) is 0.747. The van der Waals surface area contributed by atoms with Crippen LogP contribution in [-0.4, -0.2) is 20.1 Å². The summed E-state index contributed by atoms with van der Waals surface area (Å²) in [6.45, 7) is 2.02. The molecule has 76 valence electrons. The minimum atomic E-state index is -0.274. The molecule has 3 heteroatoms. The third kappa shape index (κ3) is 2.05. The predicted octanol–water partition coefficient (Wildman–Crippen LogP) is 2.08. The molecule has 0 aromatic heterocycles. The van der Waals surface area contributed by atoms with Gasteiger partial charge in [-0.3, -0.25) is 0 Å². The molecule has 0 aliphatic carbocycles. The van der Waals surface area contributed by atoms with Crippen LogP contribution < -0.4 is 5.32 Å². The van der Waals surface area contributed by atoms with Crippen LogP contribution in [0.5, 0.6) is 0 Å². The Hall–Kier alpha value is -1.51. The van der Waals surface area contributed by atoms with E-state index in [4.69, 9.17) is 4.74 Å². The molecule has 0 aliphatic heterocycles. The first-order chi connectivity index (χ1) is 6.72. The Labute approximate surface area is 84.1 Å². The number of rotatable bonds is 3. The summed E-state index contributed by atoms with van der Waals surface area (Å²) in [5.41, 5.74) is 2.66. The molecule has 0 atom stereocenters. The second-order valence-electron chi connectivity index (χ2n) is 2.97. The summed E-state index contributed by atoms with van der Waals surface area (Å²) in [6.07, 6.45) is 0.819. The van der Waals surface area contributed by atoms with Crippen LogP contribution in [0.25, 0.3) is 0 Å². The Bertz CT molecular complexity index is 334. The smallest absolute Gasteiger partial charge is 0.338 e. The lowest BCUT2D eigenvalue weighted by Gasteiger charge is -2.08. The van der Waals surface area contributed by atoms with Crippen molar-refractivity contribution in [2.24, 2.45) is 0 Å². The van der Waals surface area contributed by atoms with Crippen LogP contribution in [0, 0.1) is 0 Å². The van der Waals surface area contributed by atoms with Crippen LogP contribution in [0.2, 0.25) is 0 Å². The topological polar surface area (TPSA) is 38.3 Å². The summed E-state index contributed by atoms with van der Waals surface area (Å²) >= 11 is 0. The first-order valence-electron chi connectivity index (χ1n) is 4.62. The fourth-order valence-corrected chi connectivity index (χ4v) is 1.35. The van der Waals surface area contributed by atoms with Crippen LogP contribution in [0.15, 0.2) is 18.2 Å². The minimum Gasteiger partial charge on any atom is -0.465 e. The van der Waals surface area contributed by atoms with Crippen molar-refractivity contribution in [3.05, 3.63) is 29.3 Å². The van der Waals surface area contributed by atoms with E-state index in [0.717, 1.165) is 17.7 Å². The second-order valence-corrected chi connectivity index (χ2v) is 2.97. The number of aryl methyl sites for hydroxylation is 1. The first kappa shape index (κ1) is 10.6. The second kappa shape index (κ2) is 4.65. The average Bonchev–Trinajstić information content (AvgIpc) is 2.27. The molecule has 1 aromatic rings. The maximum absolute atomic E-state index is 11.4. The van der Waals surface area contributed by atoms with Gasteiger partial charge in [0.25, 0.3) is 0 Å². The number of methoxy groups -OCH3 is 1. The highest BCUT2D eigenvalue weighted by molar-refractivity contribution is 5.91. The summed E-state index contributed by atoms with van der Waals surface area (Å²) < 4.78 is 4.69. The van der Waals surface area contributed by atoms with Crippen molar-refractivity contribution in [2.75, 3.05) is 19.5 Å². The number of hydrogen-bond acceptors (Lipinski definition) is 3. The highest BCUT2D eigenvalue weighted by Gasteiger charge is 2.10. The van der Waals surface area contributed by atoms with Gasteiger partial charge in [0.15, 0.2) is 0 Å². The van der Waals surface area contributed by atoms with E-state index in [1.165, 1.54) is 7.11 Å². The molecule has 0 saturated heterocycles. The van der Waals surface area contributed by atoms with E-state index < -0.39 is 0 Å². The molecular formula is C11H15NO2. The van der Waals surface area contributed by atoms with E-state index in [1.807, 2.05) is 26.1 Å². The summed E-state index contributed by atoms with van der Waals surface area (Å²) in [5.74, 6) is -0.274. The number of carbonyl (C=O) groups excluding carboxylic acids is 1. The van der Waals surface area contributed by atoms with E-state index in [1.54, 1.807) is 6.07 Å². The van der Waals surface area contributed by atoms with E-state index in [9.17, 15) is 4.79 Å². The van der Waals surface area contributed by atoms with Crippen LogP contribution in [-0.2, 0) is 11.2 Å². The zero-order chi connectivity index (χ0) is 10.6.